The lowest BCUT2D eigenvalue weighted by Crippen LogP contribution is -2.31. The van der Waals surface area contributed by atoms with Crippen molar-refractivity contribution in [3.05, 3.63) is 65.7 Å². The van der Waals surface area contributed by atoms with Gasteiger partial charge in [-0.3, -0.25) is 14.4 Å². The Morgan fingerprint density at radius 1 is 1.07 bits per heavy atom. The zero-order valence-corrected chi connectivity index (χ0v) is 17.6. The molecule has 1 atom stereocenters. The van der Waals surface area contributed by atoms with Gasteiger partial charge in [0, 0.05) is 43.9 Å². The van der Waals surface area contributed by atoms with Crippen molar-refractivity contribution in [2.75, 3.05) is 31.5 Å². The molecule has 1 fully saturated rings. The quantitative estimate of drug-likeness (QED) is 0.731. The summed E-state index contributed by atoms with van der Waals surface area (Å²) < 4.78 is 0. The summed E-state index contributed by atoms with van der Waals surface area (Å²) in [6.45, 7) is 6.18. The van der Waals surface area contributed by atoms with Crippen LogP contribution in [0.1, 0.15) is 36.2 Å². The third-order valence-electron chi connectivity index (χ3n) is 5.53. The van der Waals surface area contributed by atoms with Gasteiger partial charge in [-0.2, -0.15) is 0 Å². The summed E-state index contributed by atoms with van der Waals surface area (Å²) in [5.41, 5.74) is 2.30. The Balaban J connectivity index is 1.58. The number of amides is 3. The number of hydrogen-bond acceptors (Lipinski definition) is 3. The molecule has 2 aromatic carbocycles. The Hall–Kier alpha value is -3.15. The van der Waals surface area contributed by atoms with Crippen LogP contribution in [0.2, 0.25) is 0 Å². The molecule has 30 heavy (non-hydrogen) atoms. The van der Waals surface area contributed by atoms with E-state index in [1.165, 1.54) is 5.56 Å². The molecule has 0 aromatic heterocycles. The lowest BCUT2D eigenvalue weighted by molar-refractivity contribution is -0.128. The van der Waals surface area contributed by atoms with Crippen LogP contribution in [-0.2, 0) is 16.0 Å². The molecule has 6 heteroatoms. The normalized spacial score (nSPS) is 15.9. The minimum atomic E-state index is -0.379. The van der Waals surface area contributed by atoms with Crippen LogP contribution in [0.4, 0.5) is 5.69 Å². The van der Waals surface area contributed by atoms with Gasteiger partial charge in [-0.15, -0.1) is 0 Å². The van der Waals surface area contributed by atoms with Gasteiger partial charge in [0.25, 0.3) is 5.91 Å². The summed E-state index contributed by atoms with van der Waals surface area (Å²) in [6, 6.07) is 17.0. The third-order valence-corrected chi connectivity index (χ3v) is 5.53. The van der Waals surface area contributed by atoms with Gasteiger partial charge in [0.2, 0.25) is 11.8 Å². The maximum atomic E-state index is 12.7. The van der Waals surface area contributed by atoms with Crippen LogP contribution in [0, 0.1) is 5.92 Å². The number of hydrogen-bond donors (Lipinski definition) is 1. The van der Waals surface area contributed by atoms with Crippen LogP contribution in [0.15, 0.2) is 54.6 Å². The first-order valence-electron chi connectivity index (χ1n) is 10.5. The molecule has 1 saturated heterocycles. The van der Waals surface area contributed by atoms with Crippen molar-refractivity contribution in [2.45, 2.75) is 26.7 Å². The predicted octanol–water partition coefficient (Wildman–Crippen LogP) is 3.20. The smallest absolute Gasteiger partial charge is 0.253 e. The molecule has 0 aliphatic carbocycles. The summed E-state index contributed by atoms with van der Waals surface area (Å²) in [5, 5.41) is 2.88. The molecular formula is C24H29N3O3. The largest absolute Gasteiger partial charge is 0.342 e. The number of benzene rings is 2. The van der Waals surface area contributed by atoms with E-state index in [2.05, 4.69) is 5.32 Å². The Labute approximate surface area is 177 Å². The summed E-state index contributed by atoms with van der Waals surface area (Å²) in [7, 11) is 0. The van der Waals surface area contributed by atoms with Gasteiger partial charge in [0.1, 0.15) is 0 Å². The van der Waals surface area contributed by atoms with Crippen LogP contribution in [-0.4, -0.2) is 53.7 Å². The zero-order chi connectivity index (χ0) is 21.5. The van der Waals surface area contributed by atoms with E-state index in [9.17, 15) is 14.4 Å². The Morgan fingerprint density at radius 3 is 2.50 bits per heavy atom. The minimum absolute atomic E-state index is 0.0107. The second-order valence-corrected chi connectivity index (χ2v) is 7.52. The molecule has 0 unspecified atom stereocenters. The minimum Gasteiger partial charge on any atom is -0.342 e. The van der Waals surface area contributed by atoms with Crippen LogP contribution in [0.25, 0.3) is 0 Å². The molecular weight excluding hydrogens is 378 g/mol. The van der Waals surface area contributed by atoms with Gasteiger partial charge in [-0.25, -0.2) is 0 Å². The first-order chi connectivity index (χ1) is 14.5. The van der Waals surface area contributed by atoms with Crippen molar-refractivity contribution in [3.63, 3.8) is 0 Å². The van der Waals surface area contributed by atoms with E-state index in [4.69, 9.17) is 0 Å². The molecule has 3 rings (SSSR count). The first-order valence-corrected chi connectivity index (χ1v) is 10.5. The van der Waals surface area contributed by atoms with Gasteiger partial charge in [-0.1, -0.05) is 36.4 Å². The van der Waals surface area contributed by atoms with E-state index in [0.717, 1.165) is 6.42 Å². The SMILES string of the molecule is CCN(CC)C(=O)c1cccc(NC(=O)[C@H]2CC(=O)N(CCc3ccccc3)C2)c1. The number of likely N-dealkylation sites (tertiary alicyclic amines) is 1. The zero-order valence-electron chi connectivity index (χ0n) is 17.6. The molecule has 2 aromatic rings. The molecule has 1 heterocycles. The monoisotopic (exact) mass is 407 g/mol. The lowest BCUT2D eigenvalue weighted by atomic mass is 10.1. The highest BCUT2D eigenvalue weighted by Gasteiger charge is 2.34. The third kappa shape index (κ3) is 5.26. The van der Waals surface area contributed by atoms with Gasteiger partial charge in [0.15, 0.2) is 0 Å². The van der Waals surface area contributed by atoms with Gasteiger partial charge >= 0.3 is 0 Å². The van der Waals surface area contributed by atoms with Gasteiger partial charge < -0.3 is 15.1 Å². The van der Waals surface area contributed by atoms with E-state index in [-0.39, 0.29) is 30.1 Å². The van der Waals surface area contributed by atoms with E-state index < -0.39 is 0 Å². The van der Waals surface area contributed by atoms with E-state index in [1.807, 2.05) is 44.2 Å². The van der Waals surface area contributed by atoms with Crippen molar-refractivity contribution in [2.24, 2.45) is 5.92 Å². The van der Waals surface area contributed by atoms with Crippen LogP contribution >= 0.6 is 0 Å². The highest BCUT2D eigenvalue weighted by Crippen LogP contribution is 2.21. The summed E-state index contributed by atoms with van der Waals surface area (Å²) in [5.74, 6) is -0.607. The molecule has 1 aliphatic heterocycles. The molecule has 0 spiro atoms. The second kappa shape index (κ2) is 10.1. The molecule has 158 valence electrons. The van der Waals surface area contributed by atoms with Crippen molar-refractivity contribution < 1.29 is 14.4 Å². The van der Waals surface area contributed by atoms with Gasteiger partial charge in [-0.05, 0) is 44.0 Å². The number of rotatable bonds is 8. The van der Waals surface area contributed by atoms with Crippen molar-refractivity contribution in [3.8, 4) is 0 Å². The van der Waals surface area contributed by atoms with Crippen LogP contribution in [0.3, 0.4) is 0 Å². The number of carbonyl (C=O) groups is 3. The molecule has 1 N–H and O–H groups in total. The van der Waals surface area contributed by atoms with Crippen molar-refractivity contribution in [1.82, 2.24) is 9.80 Å². The molecule has 6 nitrogen and oxygen atoms in total. The maximum Gasteiger partial charge on any atom is 0.253 e. The summed E-state index contributed by atoms with van der Waals surface area (Å²) in [4.78, 5) is 41.1. The van der Waals surface area contributed by atoms with Crippen molar-refractivity contribution in [1.29, 1.82) is 0 Å². The van der Waals surface area contributed by atoms with E-state index in [0.29, 0.717) is 37.4 Å². The van der Waals surface area contributed by atoms with Crippen molar-refractivity contribution >= 4 is 23.4 Å². The average Bonchev–Trinajstić information content (AvgIpc) is 3.14. The number of carbonyl (C=O) groups excluding carboxylic acids is 3. The Bertz CT molecular complexity index is 894. The highest BCUT2D eigenvalue weighted by molar-refractivity contribution is 5.99. The van der Waals surface area contributed by atoms with Gasteiger partial charge in [0.05, 0.1) is 5.92 Å². The average molecular weight is 408 g/mol. The van der Waals surface area contributed by atoms with Crippen LogP contribution < -0.4 is 5.32 Å². The number of nitrogens with zero attached hydrogens (tertiary/aromatic N) is 2. The van der Waals surface area contributed by atoms with Crippen LogP contribution in [0.5, 0.6) is 0 Å². The summed E-state index contributed by atoms with van der Waals surface area (Å²) >= 11 is 0. The fourth-order valence-electron chi connectivity index (χ4n) is 3.74. The predicted molar refractivity (Wildman–Crippen MR) is 117 cm³/mol. The van der Waals surface area contributed by atoms with E-state index >= 15 is 0 Å². The Morgan fingerprint density at radius 2 is 1.80 bits per heavy atom. The second-order valence-electron chi connectivity index (χ2n) is 7.52. The number of nitrogens with one attached hydrogen (secondary N) is 1. The number of anilines is 1. The molecule has 0 bridgehead atoms. The fourth-order valence-corrected chi connectivity index (χ4v) is 3.74. The fraction of sp³-hybridized carbons (Fsp3) is 0.375. The van der Waals surface area contributed by atoms with E-state index in [1.54, 1.807) is 34.1 Å². The standard InChI is InChI=1S/C24H29N3O3/c1-3-26(4-2)24(30)19-11-8-12-21(15-19)25-23(29)20-16-22(28)27(17-20)14-13-18-9-6-5-7-10-18/h5-12,15,20H,3-4,13-14,16-17H2,1-2H3,(H,25,29)/t20-/m0/s1. The lowest BCUT2D eigenvalue weighted by Gasteiger charge is -2.19. The summed E-state index contributed by atoms with van der Waals surface area (Å²) in [6.07, 6.45) is 0.995. The molecule has 0 saturated carbocycles. The first kappa shape index (κ1) is 21.6. The topological polar surface area (TPSA) is 69.7 Å². The molecule has 3 amide bonds. The maximum absolute atomic E-state index is 12.7. The Kier molecular flexibility index (Phi) is 7.22. The highest BCUT2D eigenvalue weighted by atomic mass is 16.2. The molecule has 1 aliphatic rings. The molecule has 0 radical (unpaired) electrons.